The van der Waals surface area contributed by atoms with Gasteiger partial charge in [0.2, 0.25) is 6.54 Å². The molecule has 0 fully saturated rings. The van der Waals surface area contributed by atoms with Gasteiger partial charge in [-0.25, -0.2) is 4.79 Å². The molecule has 0 heterocycles. The molecule has 0 bridgehead atoms. The number of carbonyl (C=O) groups is 1. The number of nitro groups is 1. The first kappa shape index (κ1) is 14.7. The zero-order valence-electron chi connectivity index (χ0n) is 11.0. The van der Waals surface area contributed by atoms with E-state index < -0.39 is 23.5 Å². The van der Waals surface area contributed by atoms with Gasteiger partial charge in [0.1, 0.15) is 11.9 Å². The van der Waals surface area contributed by atoms with Gasteiger partial charge in [-0.3, -0.25) is 10.1 Å². The van der Waals surface area contributed by atoms with Crippen LogP contribution in [0, 0.1) is 10.1 Å². The molecule has 2 rings (SSSR count). The predicted octanol–water partition coefficient (Wildman–Crippen LogP) is 2.22. The Kier molecular flexibility index (Phi) is 4.63. The molecule has 108 valence electrons. The molecule has 6 heteroatoms. The van der Waals surface area contributed by atoms with E-state index in [1.165, 1.54) is 24.3 Å². The Bertz CT molecular complexity index is 624. The van der Waals surface area contributed by atoms with Crippen LogP contribution in [-0.2, 0) is 0 Å². The van der Waals surface area contributed by atoms with Gasteiger partial charge in [-0.2, -0.15) is 0 Å². The highest BCUT2D eigenvalue weighted by atomic mass is 16.6. The molecule has 0 saturated heterocycles. The monoisotopic (exact) mass is 287 g/mol. The van der Waals surface area contributed by atoms with E-state index in [1.54, 1.807) is 30.3 Å². The summed E-state index contributed by atoms with van der Waals surface area (Å²) in [5.74, 6) is -0.185. The molecule has 2 aromatic rings. The first-order valence-electron chi connectivity index (χ1n) is 6.23. The first-order valence-corrected chi connectivity index (χ1v) is 6.23. The number of carbonyl (C=O) groups excluding carboxylic acids is 1. The summed E-state index contributed by atoms with van der Waals surface area (Å²) in [7, 11) is 0. The van der Waals surface area contributed by atoms with Crippen LogP contribution < -0.4 is 4.74 Å². The van der Waals surface area contributed by atoms with Crippen LogP contribution in [-0.4, -0.2) is 22.5 Å². The van der Waals surface area contributed by atoms with Crippen LogP contribution in [0.4, 0.5) is 0 Å². The highest BCUT2D eigenvalue weighted by Gasteiger charge is 2.14. The number of hydrogen-bond donors (Lipinski definition) is 1. The van der Waals surface area contributed by atoms with E-state index in [1.807, 2.05) is 0 Å². The fourth-order valence-electron chi connectivity index (χ4n) is 1.74. The second kappa shape index (κ2) is 6.62. The van der Waals surface area contributed by atoms with Crippen molar-refractivity contribution in [1.82, 2.24) is 0 Å². The number of esters is 1. The van der Waals surface area contributed by atoms with Gasteiger partial charge in [0.05, 0.1) is 5.56 Å². The summed E-state index contributed by atoms with van der Waals surface area (Å²) in [6, 6.07) is 14.5. The molecule has 0 aliphatic heterocycles. The zero-order chi connectivity index (χ0) is 15.2. The average molecular weight is 287 g/mol. The van der Waals surface area contributed by atoms with Crippen molar-refractivity contribution in [1.29, 1.82) is 0 Å². The SMILES string of the molecule is O=C(Oc1ccc(C(O)C[N+](=O)[O-])cc1)c1ccccc1. The minimum atomic E-state index is -1.18. The molecule has 0 amide bonds. The Morgan fingerprint density at radius 2 is 1.76 bits per heavy atom. The molecule has 21 heavy (non-hydrogen) atoms. The van der Waals surface area contributed by atoms with Crippen LogP contribution in [0.1, 0.15) is 22.0 Å². The second-order valence-electron chi connectivity index (χ2n) is 4.36. The number of nitrogens with zero attached hydrogens (tertiary/aromatic N) is 1. The molecular weight excluding hydrogens is 274 g/mol. The zero-order valence-corrected chi connectivity index (χ0v) is 11.0. The molecule has 0 aromatic heterocycles. The molecule has 0 saturated carbocycles. The van der Waals surface area contributed by atoms with Crippen molar-refractivity contribution in [3.63, 3.8) is 0 Å². The molecule has 0 aliphatic carbocycles. The summed E-state index contributed by atoms with van der Waals surface area (Å²) < 4.78 is 5.16. The third kappa shape index (κ3) is 4.12. The van der Waals surface area contributed by atoms with Crippen molar-refractivity contribution in [2.24, 2.45) is 0 Å². The first-order chi connectivity index (χ1) is 10.1. The standard InChI is InChI=1S/C15H13NO5/c17-14(10-16(19)20)11-6-8-13(9-7-11)21-15(18)12-4-2-1-3-5-12/h1-9,14,17H,10H2. The molecule has 6 nitrogen and oxygen atoms in total. The minimum Gasteiger partial charge on any atom is -0.423 e. The number of ether oxygens (including phenoxy) is 1. The largest absolute Gasteiger partial charge is 0.423 e. The Labute approximate surface area is 120 Å². The summed E-state index contributed by atoms with van der Waals surface area (Å²) in [6.45, 7) is -0.566. The Morgan fingerprint density at radius 1 is 1.14 bits per heavy atom. The van der Waals surface area contributed by atoms with Gasteiger partial charge in [-0.05, 0) is 29.8 Å². The molecular formula is C15H13NO5. The number of aliphatic hydroxyl groups is 1. The fourth-order valence-corrected chi connectivity index (χ4v) is 1.74. The van der Waals surface area contributed by atoms with Crippen molar-refractivity contribution in [3.8, 4) is 5.75 Å². The van der Waals surface area contributed by atoms with Crippen LogP contribution in [0.25, 0.3) is 0 Å². The van der Waals surface area contributed by atoms with Gasteiger partial charge in [0.25, 0.3) is 0 Å². The van der Waals surface area contributed by atoms with Gasteiger partial charge in [-0.15, -0.1) is 0 Å². The fraction of sp³-hybridized carbons (Fsp3) is 0.133. The van der Waals surface area contributed by atoms with Crippen molar-refractivity contribution in [2.45, 2.75) is 6.10 Å². The number of hydrogen-bond acceptors (Lipinski definition) is 5. The lowest BCUT2D eigenvalue weighted by atomic mass is 10.1. The van der Waals surface area contributed by atoms with E-state index in [0.29, 0.717) is 16.9 Å². The maximum Gasteiger partial charge on any atom is 0.343 e. The second-order valence-corrected chi connectivity index (χ2v) is 4.36. The van der Waals surface area contributed by atoms with Crippen LogP contribution in [0.5, 0.6) is 5.75 Å². The summed E-state index contributed by atoms with van der Waals surface area (Å²) in [4.78, 5) is 21.6. The molecule has 1 atom stereocenters. The molecule has 2 aromatic carbocycles. The number of rotatable bonds is 5. The highest BCUT2D eigenvalue weighted by molar-refractivity contribution is 5.90. The predicted molar refractivity (Wildman–Crippen MR) is 74.7 cm³/mol. The third-order valence-corrected chi connectivity index (χ3v) is 2.81. The maximum atomic E-state index is 11.8. The normalized spacial score (nSPS) is 11.7. The van der Waals surface area contributed by atoms with Crippen molar-refractivity contribution >= 4 is 5.97 Å². The van der Waals surface area contributed by atoms with E-state index in [9.17, 15) is 20.0 Å². The quantitative estimate of drug-likeness (QED) is 0.394. The molecule has 0 aliphatic rings. The Morgan fingerprint density at radius 3 is 2.33 bits per heavy atom. The lowest BCUT2D eigenvalue weighted by molar-refractivity contribution is -0.491. The topological polar surface area (TPSA) is 89.7 Å². The van der Waals surface area contributed by atoms with E-state index >= 15 is 0 Å². The van der Waals surface area contributed by atoms with Crippen LogP contribution in [0.2, 0.25) is 0 Å². The Balaban J connectivity index is 2.03. The summed E-state index contributed by atoms with van der Waals surface area (Å²) in [5.41, 5.74) is 0.821. The summed E-state index contributed by atoms with van der Waals surface area (Å²) in [6.07, 6.45) is -1.18. The molecule has 1 N–H and O–H groups in total. The van der Waals surface area contributed by atoms with Gasteiger partial charge >= 0.3 is 5.97 Å². The van der Waals surface area contributed by atoms with E-state index in [4.69, 9.17) is 4.74 Å². The lowest BCUT2D eigenvalue weighted by Gasteiger charge is -2.08. The summed E-state index contributed by atoms with van der Waals surface area (Å²) in [5, 5.41) is 19.9. The third-order valence-electron chi connectivity index (χ3n) is 2.81. The van der Waals surface area contributed by atoms with E-state index in [-0.39, 0.29) is 0 Å². The Hall–Kier alpha value is -2.73. The van der Waals surface area contributed by atoms with Crippen molar-refractivity contribution in [2.75, 3.05) is 6.54 Å². The maximum absolute atomic E-state index is 11.8. The van der Waals surface area contributed by atoms with Gasteiger partial charge in [0.15, 0.2) is 0 Å². The summed E-state index contributed by atoms with van der Waals surface area (Å²) >= 11 is 0. The van der Waals surface area contributed by atoms with Crippen LogP contribution >= 0.6 is 0 Å². The molecule has 0 spiro atoms. The van der Waals surface area contributed by atoms with Crippen LogP contribution in [0.15, 0.2) is 54.6 Å². The van der Waals surface area contributed by atoms with Crippen molar-refractivity contribution in [3.05, 3.63) is 75.8 Å². The van der Waals surface area contributed by atoms with Crippen LogP contribution in [0.3, 0.4) is 0 Å². The van der Waals surface area contributed by atoms with Gasteiger partial charge in [-0.1, -0.05) is 30.3 Å². The molecule has 1 unspecified atom stereocenters. The number of benzene rings is 2. The lowest BCUT2D eigenvalue weighted by Crippen LogP contribution is -2.12. The van der Waals surface area contributed by atoms with E-state index in [2.05, 4.69) is 0 Å². The van der Waals surface area contributed by atoms with Gasteiger partial charge in [0, 0.05) is 4.92 Å². The van der Waals surface area contributed by atoms with Gasteiger partial charge < -0.3 is 9.84 Å². The molecule has 0 radical (unpaired) electrons. The smallest absolute Gasteiger partial charge is 0.343 e. The van der Waals surface area contributed by atoms with E-state index in [0.717, 1.165) is 0 Å². The highest BCUT2D eigenvalue weighted by Crippen LogP contribution is 2.19. The van der Waals surface area contributed by atoms with Crippen molar-refractivity contribution < 1.29 is 19.6 Å². The average Bonchev–Trinajstić information content (AvgIpc) is 2.48. The minimum absolute atomic E-state index is 0.306. The number of aliphatic hydroxyl groups excluding tert-OH is 1.